The van der Waals surface area contributed by atoms with Crippen LogP contribution >= 0.6 is 0 Å². The Morgan fingerprint density at radius 3 is 2.50 bits per heavy atom. The number of aldehydes is 1. The number of hydrogen-bond acceptors (Lipinski definition) is 7. The van der Waals surface area contributed by atoms with Crippen molar-refractivity contribution in [3.63, 3.8) is 0 Å². The van der Waals surface area contributed by atoms with Crippen LogP contribution in [0.4, 0.5) is 0 Å². The number of carbonyl (C=O) groups is 2. The minimum Gasteiger partial charge on any atom is -0.466 e. The first-order chi connectivity index (χ1) is 15.1. The summed E-state index contributed by atoms with van der Waals surface area (Å²) in [6.45, 7) is 7.86. The van der Waals surface area contributed by atoms with Crippen LogP contribution in [0.2, 0.25) is 0 Å². The third-order valence-corrected chi connectivity index (χ3v) is 6.30. The van der Waals surface area contributed by atoms with E-state index in [0.29, 0.717) is 46.4 Å². The summed E-state index contributed by atoms with van der Waals surface area (Å²) >= 11 is 0. The fourth-order valence-electron chi connectivity index (χ4n) is 3.77. The van der Waals surface area contributed by atoms with E-state index in [1.54, 1.807) is 30.3 Å². The zero-order chi connectivity index (χ0) is 23.1. The van der Waals surface area contributed by atoms with Crippen LogP contribution in [-0.4, -0.2) is 42.7 Å². The van der Waals surface area contributed by atoms with Gasteiger partial charge in [-0.2, -0.15) is 0 Å². The van der Waals surface area contributed by atoms with Gasteiger partial charge in [-0.3, -0.25) is 4.79 Å². The predicted molar refractivity (Wildman–Crippen MR) is 120 cm³/mol. The van der Waals surface area contributed by atoms with Crippen molar-refractivity contribution >= 4 is 36.5 Å². The number of methoxy groups -OCH3 is 1. The van der Waals surface area contributed by atoms with Gasteiger partial charge in [-0.15, -0.1) is 0 Å². The third-order valence-electron chi connectivity index (χ3n) is 6.30. The molecule has 166 valence electrons. The second kappa shape index (κ2) is 8.18. The molecule has 1 fully saturated rings. The number of aromatic nitrogens is 1. The van der Waals surface area contributed by atoms with Gasteiger partial charge in [-0.1, -0.05) is 12.1 Å². The maximum atomic E-state index is 12.0. The molecule has 2 aromatic rings. The summed E-state index contributed by atoms with van der Waals surface area (Å²) in [6.07, 6.45) is 4.04. The van der Waals surface area contributed by atoms with Crippen LogP contribution in [-0.2, 0) is 18.8 Å². The predicted octanol–water partition coefficient (Wildman–Crippen LogP) is 1.88. The summed E-state index contributed by atoms with van der Waals surface area (Å²) in [7, 11) is 0.730. The smallest absolute Gasteiger partial charge is 0.466 e. The molecule has 7 nitrogen and oxygen atoms in total. The highest BCUT2D eigenvalue weighted by Crippen LogP contribution is 2.36. The monoisotopic (exact) mass is 435 g/mol. The molecule has 0 spiro atoms. The number of esters is 1. The van der Waals surface area contributed by atoms with Gasteiger partial charge in [0.2, 0.25) is 5.88 Å². The molecule has 0 radical (unpaired) electrons. The Hall–Kier alpha value is -2.97. The lowest BCUT2D eigenvalue weighted by Crippen LogP contribution is -2.41. The minimum atomic E-state index is -0.641. The van der Waals surface area contributed by atoms with Crippen molar-refractivity contribution in [3.8, 4) is 11.6 Å². The average molecular weight is 435 g/mol. The number of rotatable bonds is 5. The van der Waals surface area contributed by atoms with Crippen molar-refractivity contribution in [1.29, 1.82) is 0 Å². The van der Waals surface area contributed by atoms with Crippen LogP contribution in [0.3, 0.4) is 0 Å². The van der Waals surface area contributed by atoms with Crippen LogP contribution in [0.1, 0.15) is 50.9 Å². The molecule has 2 aliphatic rings. The zero-order valence-corrected chi connectivity index (χ0v) is 18.9. The first kappa shape index (κ1) is 22.2. The van der Waals surface area contributed by atoms with E-state index in [1.165, 1.54) is 7.11 Å². The van der Waals surface area contributed by atoms with Crippen molar-refractivity contribution in [2.75, 3.05) is 7.11 Å². The summed E-state index contributed by atoms with van der Waals surface area (Å²) in [5, 5.41) is 1.43. The molecular formula is C24H26BNO6. The molecule has 0 N–H and O–H groups in total. The van der Waals surface area contributed by atoms with Crippen LogP contribution < -0.4 is 20.8 Å². The van der Waals surface area contributed by atoms with E-state index >= 15 is 0 Å². The number of benzene rings is 1. The fourth-order valence-corrected chi connectivity index (χ4v) is 3.77. The molecule has 0 bridgehead atoms. The molecule has 1 aromatic carbocycles. The molecule has 32 heavy (non-hydrogen) atoms. The molecule has 0 unspecified atom stereocenters. The Morgan fingerprint density at radius 1 is 1.12 bits per heavy atom. The van der Waals surface area contributed by atoms with E-state index in [-0.39, 0.29) is 5.97 Å². The highest BCUT2D eigenvalue weighted by atomic mass is 16.7. The second-order valence-corrected chi connectivity index (χ2v) is 8.89. The molecular weight excluding hydrogens is 409 g/mol. The van der Waals surface area contributed by atoms with Gasteiger partial charge in [0.25, 0.3) is 0 Å². The van der Waals surface area contributed by atoms with Gasteiger partial charge in [-0.25, -0.2) is 9.78 Å². The zero-order valence-electron chi connectivity index (χ0n) is 18.9. The Kier molecular flexibility index (Phi) is 5.69. The standard InChI is InChI=1S/C24H26BNO6/c1-23(2)24(3,4)32-25(31-23)19-11-9-16(13-15(19)14-27)30-21-12-10-17-18(22(28)29-5)7-6-8-20(17)26-21/h8-14H,6-7H2,1-5H3. The summed E-state index contributed by atoms with van der Waals surface area (Å²) < 4.78 is 22.9. The van der Waals surface area contributed by atoms with Crippen molar-refractivity contribution < 1.29 is 28.4 Å². The lowest BCUT2D eigenvalue weighted by atomic mass is 9.76. The van der Waals surface area contributed by atoms with Gasteiger partial charge in [0.1, 0.15) is 12.0 Å². The SMILES string of the molecule is COC(=O)C1=c2ccc(Oc3ccc(B4OC(C)(C)C(C)(C)O4)c(C=O)c3)nc2=CCC1. The van der Waals surface area contributed by atoms with Gasteiger partial charge < -0.3 is 18.8 Å². The lowest BCUT2D eigenvalue weighted by molar-refractivity contribution is -0.134. The quantitative estimate of drug-likeness (QED) is 0.403. The maximum absolute atomic E-state index is 12.0. The Balaban J connectivity index is 1.62. The van der Waals surface area contributed by atoms with E-state index in [2.05, 4.69) is 4.98 Å². The van der Waals surface area contributed by atoms with Crippen LogP contribution in [0, 0.1) is 0 Å². The first-order valence-corrected chi connectivity index (χ1v) is 10.6. The molecule has 0 amide bonds. The Bertz CT molecular complexity index is 1190. The number of carbonyl (C=O) groups excluding carboxylic acids is 2. The summed E-state index contributed by atoms with van der Waals surface area (Å²) in [4.78, 5) is 28.3. The number of ether oxygens (including phenoxy) is 2. The topological polar surface area (TPSA) is 84.0 Å². The van der Waals surface area contributed by atoms with E-state index in [0.717, 1.165) is 11.5 Å². The number of hydrogen-bond donors (Lipinski definition) is 0. The number of nitrogens with zero attached hydrogens (tertiary/aromatic N) is 1. The van der Waals surface area contributed by atoms with Crippen LogP contribution in [0.25, 0.3) is 11.6 Å². The van der Waals surface area contributed by atoms with Crippen molar-refractivity contribution in [2.24, 2.45) is 0 Å². The largest absolute Gasteiger partial charge is 0.495 e. The molecule has 1 aliphatic heterocycles. The van der Waals surface area contributed by atoms with Crippen molar-refractivity contribution in [2.45, 2.75) is 51.7 Å². The molecule has 2 heterocycles. The minimum absolute atomic E-state index is 0.344. The number of pyridine rings is 1. The van der Waals surface area contributed by atoms with E-state index in [9.17, 15) is 9.59 Å². The van der Waals surface area contributed by atoms with E-state index in [4.69, 9.17) is 18.8 Å². The van der Waals surface area contributed by atoms with Gasteiger partial charge >= 0.3 is 13.1 Å². The Labute approximate surface area is 187 Å². The molecule has 4 rings (SSSR count). The molecule has 1 aromatic heterocycles. The number of fused-ring (bicyclic) bond motifs is 1. The summed E-state index contributed by atoms with van der Waals surface area (Å²) in [6, 6.07) is 8.67. The van der Waals surface area contributed by atoms with E-state index in [1.807, 2.05) is 33.8 Å². The second-order valence-electron chi connectivity index (χ2n) is 8.89. The summed E-state index contributed by atoms with van der Waals surface area (Å²) in [5.41, 5.74) is 0.675. The third kappa shape index (κ3) is 3.96. The van der Waals surface area contributed by atoms with Gasteiger partial charge in [0, 0.05) is 22.4 Å². The fraction of sp³-hybridized carbons (Fsp3) is 0.375. The van der Waals surface area contributed by atoms with Crippen molar-refractivity contribution in [3.05, 3.63) is 46.5 Å². The van der Waals surface area contributed by atoms with Crippen molar-refractivity contribution in [1.82, 2.24) is 4.98 Å². The molecule has 8 heteroatoms. The Morgan fingerprint density at radius 2 is 1.84 bits per heavy atom. The highest BCUT2D eigenvalue weighted by molar-refractivity contribution is 6.63. The normalized spacial score (nSPS) is 18.5. The lowest BCUT2D eigenvalue weighted by Gasteiger charge is -2.32. The maximum Gasteiger partial charge on any atom is 0.495 e. The van der Waals surface area contributed by atoms with Crippen LogP contribution in [0.15, 0.2) is 30.3 Å². The average Bonchev–Trinajstić information content (AvgIpc) is 2.99. The molecule has 0 atom stereocenters. The van der Waals surface area contributed by atoms with Gasteiger partial charge in [0.15, 0.2) is 0 Å². The summed E-state index contributed by atoms with van der Waals surface area (Å²) in [5.74, 6) is 0.489. The molecule has 1 saturated heterocycles. The van der Waals surface area contributed by atoms with E-state index < -0.39 is 18.3 Å². The van der Waals surface area contributed by atoms with Crippen LogP contribution in [0.5, 0.6) is 11.6 Å². The first-order valence-electron chi connectivity index (χ1n) is 10.6. The van der Waals surface area contributed by atoms with Gasteiger partial charge in [-0.05, 0) is 64.2 Å². The molecule has 0 saturated carbocycles. The molecule has 1 aliphatic carbocycles. The highest BCUT2D eigenvalue weighted by Gasteiger charge is 2.52. The van der Waals surface area contributed by atoms with Gasteiger partial charge in [0.05, 0.1) is 23.7 Å².